The number of rotatable bonds is 9. The van der Waals surface area contributed by atoms with Crippen molar-refractivity contribution in [1.82, 2.24) is 15.5 Å². The Morgan fingerprint density at radius 3 is 2.43 bits per heavy atom. The third-order valence-electron chi connectivity index (χ3n) is 4.67. The molecule has 3 atom stereocenters. The number of fused-ring (bicyclic) bond motifs is 2. The Hall–Kier alpha value is -0.0800. The van der Waals surface area contributed by atoms with Crippen LogP contribution in [0.25, 0.3) is 0 Å². The second-order valence-corrected chi connectivity index (χ2v) is 6.55. The van der Waals surface area contributed by atoms with E-state index in [-0.39, 0.29) is 24.0 Å². The highest BCUT2D eigenvalue weighted by Crippen LogP contribution is 2.34. The van der Waals surface area contributed by atoms with E-state index >= 15 is 0 Å². The molecular formula is C17H35IN4O. The van der Waals surface area contributed by atoms with Gasteiger partial charge in [0.2, 0.25) is 0 Å². The average molecular weight is 438 g/mol. The van der Waals surface area contributed by atoms with Crippen molar-refractivity contribution in [2.24, 2.45) is 4.99 Å². The molecule has 0 aromatic rings. The van der Waals surface area contributed by atoms with E-state index in [1.165, 1.54) is 45.3 Å². The maximum atomic E-state index is 5.89. The Bertz CT molecular complexity index is 347. The molecule has 0 saturated carbocycles. The fourth-order valence-corrected chi connectivity index (χ4v) is 3.64. The molecule has 0 aliphatic carbocycles. The molecule has 0 aromatic carbocycles. The van der Waals surface area contributed by atoms with Crippen molar-refractivity contribution in [1.29, 1.82) is 0 Å². The number of hydrogen-bond donors (Lipinski definition) is 2. The van der Waals surface area contributed by atoms with Gasteiger partial charge in [0, 0.05) is 13.6 Å². The molecule has 2 aliphatic heterocycles. The molecule has 2 fully saturated rings. The Morgan fingerprint density at radius 2 is 1.91 bits per heavy atom. The van der Waals surface area contributed by atoms with Gasteiger partial charge in [-0.05, 0) is 58.2 Å². The first-order chi connectivity index (χ1) is 10.8. The highest BCUT2D eigenvalue weighted by molar-refractivity contribution is 14.0. The minimum absolute atomic E-state index is 0. The van der Waals surface area contributed by atoms with E-state index in [1.807, 2.05) is 7.05 Å². The van der Waals surface area contributed by atoms with Crippen LogP contribution in [0.15, 0.2) is 4.99 Å². The van der Waals surface area contributed by atoms with Crippen LogP contribution >= 0.6 is 24.0 Å². The Morgan fingerprint density at radius 1 is 1.17 bits per heavy atom. The molecule has 0 radical (unpaired) electrons. The van der Waals surface area contributed by atoms with Gasteiger partial charge in [-0.25, -0.2) is 0 Å². The zero-order valence-electron chi connectivity index (χ0n) is 15.0. The van der Waals surface area contributed by atoms with Crippen molar-refractivity contribution in [3.8, 4) is 0 Å². The van der Waals surface area contributed by atoms with E-state index < -0.39 is 0 Å². The lowest BCUT2D eigenvalue weighted by molar-refractivity contribution is 0.0992. The van der Waals surface area contributed by atoms with Crippen LogP contribution in [-0.4, -0.2) is 62.3 Å². The van der Waals surface area contributed by atoms with Crippen LogP contribution in [0.5, 0.6) is 0 Å². The number of nitrogens with one attached hydrogen (secondary N) is 2. The van der Waals surface area contributed by atoms with E-state index in [0.717, 1.165) is 25.3 Å². The first kappa shape index (κ1) is 21.0. The largest absolute Gasteiger partial charge is 0.373 e. The van der Waals surface area contributed by atoms with E-state index in [4.69, 9.17) is 4.74 Å². The number of guanidine groups is 1. The number of nitrogens with zero attached hydrogens (tertiary/aromatic N) is 2. The predicted molar refractivity (Wildman–Crippen MR) is 108 cm³/mol. The average Bonchev–Trinajstić information content (AvgIpc) is 3.13. The molecular weight excluding hydrogens is 403 g/mol. The van der Waals surface area contributed by atoms with Gasteiger partial charge in [-0.1, -0.05) is 13.8 Å². The molecule has 5 nitrogen and oxygen atoms in total. The van der Waals surface area contributed by atoms with Gasteiger partial charge in [-0.3, -0.25) is 4.99 Å². The lowest BCUT2D eigenvalue weighted by atomic mass is 9.96. The van der Waals surface area contributed by atoms with Crippen molar-refractivity contribution in [3.63, 3.8) is 0 Å². The molecule has 23 heavy (non-hydrogen) atoms. The minimum Gasteiger partial charge on any atom is -0.373 e. The lowest BCUT2D eigenvalue weighted by Crippen LogP contribution is -2.47. The molecule has 2 aliphatic rings. The number of hydrogen-bond acceptors (Lipinski definition) is 3. The monoisotopic (exact) mass is 438 g/mol. The minimum atomic E-state index is 0. The summed E-state index contributed by atoms with van der Waals surface area (Å²) in [4.78, 5) is 6.91. The SMILES string of the molecule is CCCN(CCC)CCCNC(=NC)NC1CC2CCC1O2.I. The van der Waals surface area contributed by atoms with E-state index in [0.29, 0.717) is 18.2 Å². The van der Waals surface area contributed by atoms with Crippen LogP contribution in [0.1, 0.15) is 52.4 Å². The molecule has 2 N–H and O–H groups in total. The van der Waals surface area contributed by atoms with Crippen LogP contribution in [0, 0.1) is 0 Å². The van der Waals surface area contributed by atoms with Gasteiger partial charge in [-0.2, -0.15) is 0 Å². The molecule has 0 spiro atoms. The first-order valence-electron chi connectivity index (χ1n) is 9.11. The van der Waals surface area contributed by atoms with E-state index in [1.54, 1.807) is 0 Å². The molecule has 0 aromatic heterocycles. The summed E-state index contributed by atoms with van der Waals surface area (Å²) in [5, 5.41) is 6.99. The summed E-state index contributed by atoms with van der Waals surface area (Å²) in [5.74, 6) is 0.929. The summed E-state index contributed by atoms with van der Waals surface area (Å²) in [6.45, 7) is 9.08. The quantitative estimate of drug-likeness (QED) is 0.252. The standard InChI is InChI=1S/C17H34N4O.HI/c1-4-10-21(11-5-2)12-6-9-19-17(18-3)20-15-13-14-7-8-16(15)22-14;/h14-16H,4-13H2,1-3H3,(H2,18,19,20);1H. The van der Waals surface area contributed by atoms with Gasteiger partial charge in [-0.15, -0.1) is 24.0 Å². The first-order valence-corrected chi connectivity index (χ1v) is 9.11. The second-order valence-electron chi connectivity index (χ2n) is 6.55. The van der Waals surface area contributed by atoms with Gasteiger partial charge >= 0.3 is 0 Å². The molecule has 2 heterocycles. The fraction of sp³-hybridized carbons (Fsp3) is 0.941. The fourth-order valence-electron chi connectivity index (χ4n) is 3.64. The van der Waals surface area contributed by atoms with Crippen molar-refractivity contribution >= 4 is 29.9 Å². The van der Waals surface area contributed by atoms with Crippen LogP contribution in [0.3, 0.4) is 0 Å². The maximum Gasteiger partial charge on any atom is 0.191 e. The van der Waals surface area contributed by atoms with Crippen molar-refractivity contribution in [2.75, 3.05) is 33.2 Å². The normalized spacial score (nSPS) is 26.4. The number of ether oxygens (including phenoxy) is 1. The van der Waals surface area contributed by atoms with Gasteiger partial charge in [0.15, 0.2) is 5.96 Å². The summed E-state index contributed by atoms with van der Waals surface area (Å²) in [6, 6.07) is 0.446. The lowest BCUT2D eigenvalue weighted by Gasteiger charge is -2.23. The zero-order valence-corrected chi connectivity index (χ0v) is 17.3. The van der Waals surface area contributed by atoms with Gasteiger partial charge in [0.25, 0.3) is 0 Å². The highest BCUT2D eigenvalue weighted by Gasteiger charge is 2.41. The molecule has 2 rings (SSSR count). The summed E-state index contributed by atoms with van der Waals surface area (Å²) >= 11 is 0. The molecule has 0 amide bonds. The van der Waals surface area contributed by atoms with E-state index in [2.05, 4.69) is 34.4 Å². The molecule has 136 valence electrons. The highest BCUT2D eigenvalue weighted by atomic mass is 127. The predicted octanol–water partition coefficient (Wildman–Crippen LogP) is 2.60. The topological polar surface area (TPSA) is 48.9 Å². The Labute approximate surface area is 159 Å². The van der Waals surface area contributed by atoms with Crippen LogP contribution in [0.4, 0.5) is 0 Å². The Balaban J connectivity index is 0.00000264. The maximum absolute atomic E-state index is 5.89. The summed E-state index contributed by atoms with van der Waals surface area (Å²) in [5.41, 5.74) is 0. The van der Waals surface area contributed by atoms with Crippen molar-refractivity contribution < 1.29 is 4.74 Å². The molecule has 3 unspecified atom stereocenters. The summed E-state index contributed by atoms with van der Waals surface area (Å²) < 4.78 is 5.89. The summed E-state index contributed by atoms with van der Waals surface area (Å²) in [6.07, 6.45) is 8.08. The molecule has 2 saturated heterocycles. The molecule has 2 bridgehead atoms. The van der Waals surface area contributed by atoms with Crippen molar-refractivity contribution in [3.05, 3.63) is 0 Å². The van der Waals surface area contributed by atoms with Crippen LogP contribution < -0.4 is 10.6 Å². The number of halogens is 1. The summed E-state index contributed by atoms with van der Waals surface area (Å²) in [7, 11) is 1.85. The molecule has 6 heteroatoms. The van der Waals surface area contributed by atoms with Gasteiger partial charge < -0.3 is 20.3 Å². The Kier molecular flexibility index (Phi) is 10.5. The van der Waals surface area contributed by atoms with Crippen LogP contribution in [0.2, 0.25) is 0 Å². The third-order valence-corrected chi connectivity index (χ3v) is 4.67. The number of aliphatic imine (C=N–C) groups is 1. The van der Waals surface area contributed by atoms with E-state index in [9.17, 15) is 0 Å². The van der Waals surface area contributed by atoms with Gasteiger partial charge in [0.1, 0.15) is 0 Å². The van der Waals surface area contributed by atoms with Gasteiger partial charge in [0.05, 0.1) is 18.2 Å². The smallest absolute Gasteiger partial charge is 0.191 e. The zero-order chi connectivity index (χ0) is 15.8. The third kappa shape index (κ3) is 6.74. The second kappa shape index (κ2) is 11.5. The van der Waals surface area contributed by atoms with Crippen LogP contribution in [-0.2, 0) is 4.74 Å². The van der Waals surface area contributed by atoms with Crippen molar-refractivity contribution in [2.45, 2.75) is 70.6 Å².